The first-order valence-electron chi connectivity index (χ1n) is 13.0. The number of aromatic nitrogens is 2. The van der Waals surface area contributed by atoms with Crippen molar-refractivity contribution in [2.45, 2.75) is 20.8 Å². The minimum Gasteiger partial charge on any atom is -0.307 e. The topological polar surface area (TPSA) is 8.29 Å². The van der Waals surface area contributed by atoms with Gasteiger partial charge in [0.25, 0.3) is 0 Å². The molecule has 8 aromatic rings. The third-order valence-corrected chi connectivity index (χ3v) is 8.55. The van der Waals surface area contributed by atoms with Crippen LogP contribution in [0.2, 0.25) is 0 Å². The third-order valence-electron chi connectivity index (χ3n) is 8.55. The predicted molar refractivity (Wildman–Crippen MR) is 157 cm³/mol. The van der Waals surface area contributed by atoms with Crippen LogP contribution in [0.25, 0.3) is 70.9 Å². The predicted octanol–water partition coefficient (Wildman–Crippen LogP) is 8.56. The second-order valence-corrected chi connectivity index (χ2v) is 10.7. The molecule has 0 saturated heterocycles. The molecule has 0 amide bonds. The van der Waals surface area contributed by atoms with E-state index in [0.717, 1.165) is 0 Å². The number of hydrogen-bond donors (Lipinski definition) is 0. The lowest BCUT2D eigenvalue weighted by Gasteiger charge is -2.17. The Balaban J connectivity index is 1.73. The van der Waals surface area contributed by atoms with E-state index in [1.54, 1.807) is 0 Å². The fraction of sp³-hybridized carbons (Fsp3) is 0.114. The first kappa shape index (κ1) is 20.7. The summed E-state index contributed by atoms with van der Waals surface area (Å²) in [7, 11) is 2.19. The maximum atomic E-state index is 2.57. The van der Waals surface area contributed by atoms with Crippen molar-refractivity contribution in [3.63, 3.8) is 0 Å². The van der Waals surface area contributed by atoms with E-state index in [1.807, 2.05) is 0 Å². The molecule has 0 radical (unpaired) electrons. The molecule has 0 saturated carbocycles. The summed E-state index contributed by atoms with van der Waals surface area (Å²) in [5, 5.41) is 9.31. The number of nitrogens with zero attached hydrogens (tertiary/aromatic N) is 2. The fourth-order valence-electron chi connectivity index (χ4n) is 6.79. The smallest absolute Gasteiger partial charge is 0.224 e. The van der Waals surface area contributed by atoms with E-state index in [0.29, 0.717) is 0 Å². The fourth-order valence-corrected chi connectivity index (χ4v) is 6.79. The molecular weight excluding hydrogens is 448 g/mol. The summed E-state index contributed by atoms with van der Waals surface area (Å²) in [6, 6.07) is 31.5. The van der Waals surface area contributed by atoms with Crippen LogP contribution < -0.4 is 4.57 Å². The minimum absolute atomic E-state index is 1.25. The molecule has 5 aromatic carbocycles. The van der Waals surface area contributed by atoms with Gasteiger partial charge in [-0.1, -0.05) is 78.4 Å². The minimum atomic E-state index is 1.25. The van der Waals surface area contributed by atoms with Crippen molar-refractivity contribution >= 4 is 59.8 Å². The number of rotatable bonds is 1. The number of pyridine rings is 2. The van der Waals surface area contributed by atoms with E-state index < -0.39 is 0 Å². The van der Waals surface area contributed by atoms with Crippen LogP contribution in [-0.2, 0) is 7.05 Å². The lowest BCUT2D eigenvalue weighted by Crippen LogP contribution is -2.29. The maximum absolute atomic E-state index is 2.57. The van der Waals surface area contributed by atoms with Crippen LogP contribution >= 0.6 is 0 Å². The van der Waals surface area contributed by atoms with Gasteiger partial charge < -0.3 is 4.40 Å². The van der Waals surface area contributed by atoms with Gasteiger partial charge >= 0.3 is 0 Å². The van der Waals surface area contributed by atoms with Gasteiger partial charge in [0, 0.05) is 16.8 Å². The second-order valence-electron chi connectivity index (χ2n) is 10.7. The van der Waals surface area contributed by atoms with Crippen LogP contribution in [-0.4, -0.2) is 4.40 Å². The molecule has 3 aromatic heterocycles. The van der Waals surface area contributed by atoms with Crippen molar-refractivity contribution in [3.8, 4) is 11.1 Å². The molecule has 8 rings (SSSR count). The van der Waals surface area contributed by atoms with Gasteiger partial charge in [-0.15, -0.1) is 0 Å². The molecule has 0 atom stereocenters. The van der Waals surface area contributed by atoms with Crippen molar-refractivity contribution in [2.75, 3.05) is 0 Å². The molecule has 2 heteroatoms. The number of aryl methyl sites for hydroxylation is 4. The van der Waals surface area contributed by atoms with Crippen LogP contribution in [0.3, 0.4) is 0 Å². The van der Waals surface area contributed by atoms with Crippen molar-refractivity contribution in [1.82, 2.24) is 4.40 Å². The molecule has 0 spiro atoms. The summed E-state index contributed by atoms with van der Waals surface area (Å²) in [6.07, 6.45) is 2.22. The monoisotopic (exact) mass is 475 g/mol. The van der Waals surface area contributed by atoms with E-state index in [1.165, 1.54) is 87.6 Å². The number of fused-ring (bicyclic) bond motifs is 7. The van der Waals surface area contributed by atoms with Gasteiger partial charge in [0.2, 0.25) is 5.52 Å². The molecule has 0 aliphatic rings. The molecule has 176 valence electrons. The summed E-state index contributed by atoms with van der Waals surface area (Å²) >= 11 is 0. The van der Waals surface area contributed by atoms with Crippen molar-refractivity contribution in [1.29, 1.82) is 0 Å². The zero-order valence-corrected chi connectivity index (χ0v) is 21.6. The lowest BCUT2D eigenvalue weighted by molar-refractivity contribution is -0.643. The second kappa shape index (κ2) is 7.08. The highest BCUT2D eigenvalue weighted by Crippen LogP contribution is 2.44. The Morgan fingerprint density at radius 1 is 0.595 bits per heavy atom. The van der Waals surface area contributed by atoms with E-state index in [2.05, 4.69) is 128 Å². The zero-order chi connectivity index (χ0) is 25.0. The van der Waals surface area contributed by atoms with Crippen LogP contribution in [0.5, 0.6) is 0 Å². The Labute approximate surface area is 215 Å². The van der Waals surface area contributed by atoms with Gasteiger partial charge in [-0.25, -0.2) is 4.57 Å². The summed E-state index contributed by atoms with van der Waals surface area (Å²) in [4.78, 5) is 0. The Hall–Kier alpha value is -4.43. The molecule has 2 nitrogen and oxygen atoms in total. The van der Waals surface area contributed by atoms with Crippen LogP contribution in [0.15, 0.2) is 91.1 Å². The van der Waals surface area contributed by atoms with Gasteiger partial charge in [-0.2, -0.15) is 0 Å². The van der Waals surface area contributed by atoms with Gasteiger partial charge in [0.1, 0.15) is 7.05 Å². The first-order chi connectivity index (χ1) is 18.0. The summed E-state index contributed by atoms with van der Waals surface area (Å²) in [5.41, 5.74) is 11.7. The third kappa shape index (κ3) is 2.57. The van der Waals surface area contributed by atoms with E-state index in [9.17, 15) is 0 Å². The Morgan fingerprint density at radius 2 is 1.38 bits per heavy atom. The number of hydrogen-bond acceptors (Lipinski definition) is 0. The zero-order valence-electron chi connectivity index (χ0n) is 21.6. The molecular formula is C35H27N2+. The quantitative estimate of drug-likeness (QED) is 0.128. The molecule has 0 aliphatic heterocycles. The molecule has 3 heterocycles. The van der Waals surface area contributed by atoms with Gasteiger partial charge in [0.05, 0.1) is 27.3 Å². The molecule has 0 N–H and O–H groups in total. The van der Waals surface area contributed by atoms with Crippen molar-refractivity contribution in [3.05, 3.63) is 108 Å². The summed E-state index contributed by atoms with van der Waals surface area (Å²) in [6.45, 7) is 6.81. The molecule has 37 heavy (non-hydrogen) atoms. The first-order valence-corrected chi connectivity index (χ1v) is 13.0. The highest BCUT2D eigenvalue weighted by molar-refractivity contribution is 6.29. The molecule has 0 fully saturated rings. The highest BCUT2D eigenvalue weighted by Gasteiger charge is 2.26. The Kier molecular flexibility index (Phi) is 3.96. The normalized spacial score (nSPS) is 12.3. The van der Waals surface area contributed by atoms with Crippen LogP contribution in [0.4, 0.5) is 0 Å². The van der Waals surface area contributed by atoms with Crippen LogP contribution in [0.1, 0.15) is 16.7 Å². The van der Waals surface area contributed by atoms with E-state index >= 15 is 0 Å². The van der Waals surface area contributed by atoms with Crippen molar-refractivity contribution < 1.29 is 4.57 Å². The summed E-state index contributed by atoms with van der Waals surface area (Å²) in [5.74, 6) is 0. The molecule has 0 aliphatic carbocycles. The van der Waals surface area contributed by atoms with E-state index in [-0.39, 0.29) is 0 Å². The largest absolute Gasteiger partial charge is 0.307 e. The standard InChI is InChI=1S/C35H27N2/c1-20-10-13-26-22(3)33-31(21(2)29(26)18-20)35-32-24(16-17-36(35)4)11-15-28-27-14-12-25(23-8-6-5-7-9-23)19-30(27)37(33)34(28)32/h5-19H,1-4H3/q+1. The van der Waals surface area contributed by atoms with Crippen molar-refractivity contribution in [2.24, 2.45) is 7.05 Å². The van der Waals surface area contributed by atoms with Crippen LogP contribution in [0, 0.1) is 20.8 Å². The molecule has 0 unspecified atom stereocenters. The molecule has 0 bridgehead atoms. The highest BCUT2D eigenvalue weighted by atomic mass is 15.0. The maximum Gasteiger partial charge on any atom is 0.224 e. The number of benzene rings is 5. The lowest BCUT2D eigenvalue weighted by atomic mass is 9.92. The SMILES string of the molecule is Cc1ccc2c(C)c3c(c(C)c2c1)c1c2c(ccc4c5ccc(-c6ccccc6)cc5n3c42)cc[n+]1C. The average molecular weight is 476 g/mol. The van der Waals surface area contributed by atoms with Gasteiger partial charge in [-0.3, -0.25) is 0 Å². The van der Waals surface area contributed by atoms with E-state index in [4.69, 9.17) is 0 Å². The Bertz CT molecular complexity index is 2220. The average Bonchev–Trinajstić information content (AvgIpc) is 3.26. The van der Waals surface area contributed by atoms with Gasteiger partial charge in [-0.05, 0) is 65.3 Å². The van der Waals surface area contributed by atoms with Gasteiger partial charge in [0.15, 0.2) is 6.20 Å². The Morgan fingerprint density at radius 3 is 2.22 bits per heavy atom. The summed E-state index contributed by atoms with van der Waals surface area (Å²) < 4.78 is 4.90.